The first-order valence-corrected chi connectivity index (χ1v) is 9.70. The number of H-pyrrole nitrogens is 1. The molecule has 0 spiro atoms. The number of rotatable bonds is 4. The monoisotopic (exact) mass is 374 g/mol. The second-order valence-corrected chi connectivity index (χ2v) is 7.77. The molecule has 1 fully saturated rings. The molecule has 2 aliphatic rings. The van der Waals surface area contributed by atoms with Crippen molar-refractivity contribution in [3.05, 3.63) is 29.2 Å². The van der Waals surface area contributed by atoms with Gasteiger partial charge in [-0.1, -0.05) is 0 Å². The fraction of sp³-hybridized carbons (Fsp3) is 0.471. The second-order valence-electron chi connectivity index (χ2n) is 6.63. The molecule has 26 heavy (non-hydrogen) atoms. The van der Waals surface area contributed by atoms with E-state index >= 15 is 0 Å². The number of aliphatic hydroxyl groups is 1. The first-order chi connectivity index (χ1) is 12.6. The molecule has 0 unspecified atom stereocenters. The van der Waals surface area contributed by atoms with Gasteiger partial charge in [0.15, 0.2) is 0 Å². The minimum Gasteiger partial charge on any atom is -0.392 e. The van der Waals surface area contributed by atoms with E-state index in [4.69, 9.17) is 0 Å². The van der Waals surface area contributed by atoms with Gasteiger partial charge in [-0.25, -0.2) is 9.97 Å². The highest BCUT2D eigenvalue weighted by molar-refractivity contribution is 8.04. The molecule has 1 saturated heterocycles. The fourth-order valence-corrected chi connectivity index (χ4v) is 4.27. The molecule has 0 saturated carbocycles. The predicted molar refractivity (Wildman–Crippen MR) is 102 cm³/mol. The number of β-amino-alcohol motifs (C(OH)–C–C–N with tert-alkyl or cyclic N) is 1. The molecule has 0 bridgehead atoms. The smallest absolute Gasteiger partial charge is 0.259 e. The van der Waals surface area contributed by atoms with Crippen molar-refractivity contribution < 1.29 is 9.90 Å². The Labute approximate surface area is 155 Å². The molecule has 2 aromatic rings. The molecule has 4 rings (SSSR count). The lowest BCUT2D eigenvalue weighted by atomic mass is 10.2. The maximum atomic E-state index is 12.5. The number of hydrogen-bond donors (Lipinski definition) is 4. The lowest BCUT2D eigenvalue weighted by Gasteiger charge is -2.26. The van der Waals surface area contributed by atoms with Gasteiger partial charge in [0.05, 0.1) is 16.4 Å². The summed E-state index contributed by atoms with van der Waals surface area (Å²) in [7, 11) is 0. The lowest BCUT2D eigenvalue weighted by molar-refractivity contribution is -0.116. The fourth-order valence-electron chi connectivity index (χ4n) is 3.36. The summed E-state index contributed by atoms with van der Waals surface area (Å²) < 4.78 is 0. The summed E-state index contributed by atoms with van der Waals surface area (Å²) in [6.45, 7) is 3.91. The molecule has 2 atom stereocenters. The Kier molecular flexibility index (Phi) is 4.84. The van der Waals surface area contributed by atoms with Crippen LogP contribution >= 0.6 is 11.8 Å². The number of fused-ring (bicyclic) bond motifs is 1. The maximum Gasteiger partial charge on any atom is 0.259 e. The van der Waals surface area contributed by atoms with Crippen molar-refractivity contribution in [1.29, 1.82) is 0 Å². The number of hydrogen-bond acceptors (Lipinski definition) is 7. The third-order valence-electron chi connectivity index (χ3n) is 4.71. The number of amides is 1. The first kappa shape index (κ1) is 17.3. The number of thioether (sulfide) groups is 1. The summed E-state index contributed by atoms with van der Waals surface area (Å²) in [5, 5.41) is 16.7. The van der Waals surface area contributed by atoms with Gasteiger partial charge in [0, 0.05) is 43.8 Å². The van der Waals surface area contributed by atoms with Gasteiger partial charge in [0.1, 0.15) is 17.8 Å². The van der Waals surface area contributed by atoms with Gasteiger partial charge in [0.2, 0.25) is 0 Å². The molecule has 2 aliphatic heterocycles. The second kappa shape index (κ2) is 7.26. The highest BCUT2D eigenvalue weighted by Gasteiger charge is 2.24. The molecule has 1 amide bonds. The number of nitrogens with zero attached hydrogens (tertiary/aromatic N) is 3. The van der Waals surface area contributed by atoms with E-state index in [-0.39, 0.29) is 18.1 Å². The lowest BCUT2D eigenvalue weighted by Crippen LogP contribution is -2.38. The van der Waals surface area contributed by atoms with Crippen molar-refractivity contribution in [2.75, 3.05) is 30.3 Å². The topological polar surface area (TPSA) is 106 Å². The van der Waals surface area contributed by atoms with Crippen LogP contribution in [0.5, 0.6) is 0 Å². The van der Waals surface area contributed by atoms with E-state index in [0.29, 0.717) is 24.4 Å². The van der Waals surface area contributed by atoms with Crippen molar-refractivity contribution in [1.82, 2.24) is 25.6 Å². The maximum absolute atomic E-state index is 12.5. The van der Waals surface area contributed by atoms with Gasteiger partial charge in [-0.3, -0.25) is 4.79 Å². The molecule has 9 heteroatoms. The van der Waals surface area contributed by atoms with Gasteiger partial charge in [-0.2, -0.15) is 0 Å². The number of aryl methyl sites for hydroxylation is 1. The summed E-state index contributed by atoms with van der Waals surface area (Å²) in [5.41, 5.74) is 1.88. The zero-order valence-corrected chi connectivity index (χ0v) is 15.3. The van der Waals surface area contributed by atoms with Crippen molar-refractivity contribution in [3.8, 4) is 0 Å². The van der Waals surface area contributed by atoms with E-state index in [0.717, 1.165) is 34.7 Å². The third-order valence-corrected chi connectivity index (χ3v) is 5.70. The minimum absolute atomic E-state index is 0.0843. The van der Waals surface area contributed by atoms with Crippen molar-refractivity contribution in [3.63, 3.8) is 0 Å². The summed E-state index contributed by atoms with van der Waals surface area (Å²) in [6.07, 6.45) is 5.68. The molecule has 138 valence electrons. The van der Waals surface area contributed by atoms with E-state index in [1.54, 1.807) is 18.1 Å². The standard InChI is InChI=1S/C17H22N6O2S/c1-10-5-19-15-14(10)16(22-9-21-15)23-2-3-26-13(8-23)17(25)20-6-11-4-12(24)7-18-11/h5,8-9,11-12,18,24H,2-4,6-7H2,1H3,(H,20,25)(H,19,21,22)/t11-,12+/m0/s1. The highest BCUT2D eigenvalue weighted by atomic mass is 32.2. The Morgan fingerprint density at radius 3 is 3.19 bits per heavy atom. The van der Waals surface area contributed by atoms with Crippen LogP contribution in [0.3, 0.4) is 0 Å². The summed E-state index contributed by atoms with van der Waals surface area (Å²) in [5.74, 6) is 1.55. The number of carbonyl (C=O) groups is 1. The molecule has 0 aliphatic carbocycles. The average molecular weight is 374 g/mol. The number of aromatic nitrogens is 3. The molecule has 8 nitrogen and oxygen atoms in total. The van der Waals surface area contributed by atoms with Crippen LogP contribution in [0.4, 0.5) is 5.82 Å². The normalized spacial score (nSPS) is 23.3. The Morgan fingerprint density at radius 1 is 1.50 bits per heavy atom. The molecule has 0 radical (unpaired) electrons. The van der Waals surface area contributed by atoms with Crippen LogP contribution in [-0.2, 0) is 4.79 Å². The summed E-state index contributed by atoms with van der Waals surface area (Å²) in [6, 6.07) is 0.128. The van der Waals surface area contributed by atoms with Crippen LogP contribution in [0.25, 0.3) is 11.0 Å². The van der Waals surface area contributed by atoms with Gasteiger partial charge < -0.3 is 25.6 Å². The van der Waals surface area contributed by atoms with Crippen LogP contribution in [0.2, 0.25) is 0 Å². The Morgan fingerprint density at radius 2 is 2.38 bits per heavy atom. The van der Waals surface area contributed by atoms with E-state index in [1.165, 1.54) is 0 Å². The number of nitrogens with one attached hydrogen (secondary N) is 3. The number of aliphatic hydroxyl groups excluding tert-OH is 1. The van der Waals surface area contributed by atoms with E-state index in [2.05, 4.69) is 25.6 Å². The van der Waals surface area contributed by atoms with Crippen LogP contribution < -0.4 is 15.5 Å². The van der Waals surface area contributed by atoms with E-state index in [9.17, 15) is 9.90 Å². The Balaban J connectivity index is 1.50. The van der Waals surface area contributed by atoms with Gasteiger partial charge >= 0.3 is 0 Å². The zero-order chi connectivity index (χ0) is 18.1. The minimum atomic E-state index is -0.319. The zero-order valence-electron chi connectivity index (χ0n) is 14.5. The van der Waals surface area contributed by atoms with Crippen molar-refractivity contribution >= 4 is 34.5 Å². The molecular weight excluding hydrogens is 352 g/mol. The Bertz CT molecular complexity index is 851. The van der Waals surface area contributed by atoms with Gasteiger partial charge in [-0.15, -0.1) is 11.8 Å². The largest absolute Gasteiger partial charge is 0.392 e. The predicted octanol–water partition coefficient (Wildman–Crippen LogP) is 0.500. The van der Waals surface area contributed by atoms with Crippen LogP contribution in [0, 0.1) is 6.92 Å². The molecule has 0 aromatic carbocycles. The molecular formula is C17H22N6O2S. The van der Waals surface area contributed by atoms with Crippen molar-refractivity contribution in [2.24, 2.45) is 0 Å². The number of carbonyl (C=O) groups excluding carboxylic acids is 1. The average Bonchev–Trinajstić information content (AvgIpc) is 3.25. The third kappa shape index (κ3) is 3.42. The van der Waals surface area contributed by atoms with Gasteiger partial charge in [-0.05, 0) is 18.9 Å². The summed E-state index contributed by atoms with van der Waals surface area (Å²) in [4.78, 5) is 27.1. The van der Waals surface area contributed by atoms with Crippen LogP contribution in [-0.4, -0.2) is 63.5 Å². The van der Waals surface area contributed by atoms with Crippen LogP contribution in [0.15, 0.2) is 23.6 Å². The SMILES string of the molecule is Cc1c[nH]c2ncnc(N3C=C(C(=O)NC[C@@H]4C[C@@H](O)CN4)SCC3)c12. The quantitative estimate of drug-likeness (QED) is 0.617. The highest BCUT2D eigenvalue weighted by Crippen LogP contribution is 2.30. The van der Waals surface area contributed by atoms with Gasteiger partial charge in [0.25, 0.3) is 5.91 Å². The molecule has 4 N–H and O–H groups in total. The first-order valence-electron chi connectivity index (χ1n) is 8.71. The van der Waals surface area contributed by atoms with Crippen molar-refractivity contribution in [2.45, 2.75) is 25.5 Å². The van der Waals surface area contributed by atoms with E-state index < -0.39 is 0 Å². The summed E-state index contributed by atoms with van der Waals surface area (Å²) >= 11 is 1.55. The Hall–Kier alpha value is -2.10. The van der Waals surface area contributed by atoms with Crippen LogP contribution in [0.1, 0.15) is 12.0 Å². The number of aromatic amines is 1. The molecule has 4 heterocycles. The molecule has 2 aromatic heterocycles. The number of anilines is 1. The van der Waals surface area contributed by atoms with E-state index in [1.807, 2.05) is 24.2 Å².